The molecule has 188 valence electrons. The van der Waals surface area contributed by atoms with Crippen LogP contribution in [0.25, 0.3) is 11.3 Å². The fourth-order valence-corrected chi connectivity index (χ4v) is 4.24. The number of likely N-dealkylation sites (tertiary alicyclic amines) is 1. The van der Waals surface area contributed by atoms with E-state index in [1.54, 1.807) is 18.3 Å². The molecule has 36 heavy (non-hydrogen) atoms. The quantitative estimate of drug-likeness (QED) is 0.422. The van der Waals surface area contributed by atoms with Gasteiger partial charge in [-0.15, -0.1) is 0 Å². The molecule has 0 atom stereocenters. The number of anilines is 2. The molecule has 1 aliphatic rings. The van der Waals surface area contributed by atoms with Crippen molar-refractivity contribution in [2.45, 2.75) is 38.8 Å². The lowest BCUT2D eigenvalue weighted by molar-refractivity contribution is -0.123. The second kappa shape index (κ2) is 12.0. The van der Waals surface area contributed by atoms with Gasteiger partial charge < -0.3 is 16.0 Å². The Morgan fingerprint density at radius 3 is 2.39 bits per heavy atom. The molecule has 1 aliphatic heterocycles. The molecule has 0 unspecified atom stereocenters. The van der Waals surface area contributed by atoms with Crippen LogP contribution in [0.15, 0.2) is 60.8 Å². The third-order valence-corrected chi connectivity index (χ3v) is 6.19. The average molecular weight is 507 g/mol. The summed E-state index contributed by atoms with van der Waals surface area (Å²) in [7, 11) is 0. The summed E-state index contributed by atoms with van der Waals surface area (Å²) in [5.41, 5.74) is 3.11. The van der Waals surface area contributed by atoms with Gasteiger partial charge in [-0.3, -0.25) is 14.5 Å². The smallest absolute Gasteiger partial charge is 0.251 e. The van der Waals surface area contributed by atoms with Crippen molar-refractivity contribution < 1.29 is 9.59 Å². The molecule has 0 saturated carbocycles. The summed E-state index contributed by atoms with van der Waals surface area (Å²) in [6, 6.07) is 16.8. The second-order valence-electron chi connectivity index (χ2n) is 9.22. The summed E-state index contributed by atoms with van der Waals surface area (Å²) >= 11 is 5.97. The van der Waals surface area contributed by atoms with Gasteiger partial charge in [0.2, 0.25) is 11.9 Å². The molecular weight excluding hydrogens is 476 g/mol. The van der Waals surface area contributed by atoms with Crippen LogP contribution in [0, 0.1) is 0 Å². The molecule has 0 radical (unpaired) electrons. The number of rotatable bonds is 8. The molecule has 2 heterocycles. The maximum Gasteiger partial charge on any atom is 0.251 e. The first kappa shape index (κ1) is 25.6. The van der Waals surface area contributed by atoms with Crippen LogP contribution in [0.4, 0.5) is 11.6 Å². The van der Waals surface area contributed by atoms with Crippen LogP contribution in [0.3, 0.4) is 0 Å². The molecule has 9 heteroatoms. The van der Waals surface area contributed by atoms with Crippen LogP contribution in [0.1, 0.15) is 37.0 Å². The Labute approximate surface area is 216 Å². The largest absolute Gasteiger partial charge is 0.353 e. The van der Waals surface area contributed by atoms with E-state index in [2.05, 4.69) is 30.8 Å². The number of benzene rings is 2. The standard InChI is InChI=1S/C27H31ClN6O2/c1-18(2)30-25(35)17-34-15-12-23(13-16-34)31-26(36)20-5-9-22(10-6-20)32-27-29-14-11-24(33-27)19-3-7-21(28)8-4-19/h3-11,14,18,23H,12-13,15-17H2,1-2H3,(H,30,35)(H,31,36)(H,29,32,33). The molecule has 1 fully saturated rings. The Bertz CT molecular complexity index is 1180. The lowest BCUT2D eigenvalue weighted by atomic mass is 10.0. The third-order valence-electron chi connectivity index (χ3n) is 5.94. The molecule has 0 aliphatic carbocycles. The van der Waals surface area contributed by atoms with Crippen molar-refractivity contribution in [3.05, 3.63) is 71.4 Å². The van der Waals surface area contributed by atoms with Crippen molar-refractivity contribution in [3.8, 4) is 11.3 Å². The number of aromatic nitrogens is 2. The van der Waals surface area contributed by atoms with Gasteiger partial charge in [0.05, 0.1) is 12.2 Å². The predicted octanol–water partition coefficient (Wildman–Crippen LogP) is 4.26. The number of nitrogens with zero attached hydrogens (tertiary/aromatic N) is 3. The van der Waals surface area contributed by atoms with E-state index in [4.69, 9.17) is 11.6 Å². The van der Waals surface area contributed by atoms with Crippen LogP contribution in [-0.2, 0) is 4.79 Å². The molecule has 3 N–H and O–H groups in total. The van der Waals surface area contributed by atoms with Gasteiger partial charge in [0.1, 0.15) is 0 Å². The number of amides is 2. The number of hydrogen-bond acceptors (Lipinski definition) is 6. The summed E-state index contributed by atoms with van der Waals surface area (Å²) in [4.78, 5) is 35.7. The van der Waals surface area contributed by atoms with Gasteiger partial charge in [0.15, 0.2) is 0 Å². The van der Waals surface area contributed by atoms with Gasteiger partial charge in [0.25, 0.3) is 5.91 Å². The summed E-state index contributed by atoms with van der Waals surface area (Å²) in [6.07, 6.45) is 3.34. The van der Waals surface area contributed by atoms with E-state index in [1.165, 1.54) is 0 Å². The van der Waals surface area contributed by atoms with Gasteiger partial charge in [-0.2, -0.15) is 0 Å². The molecule has 0 spiro atoms. The Hall–Kier alpha value is -3.49. The fourth-order valence-electron chi connectivity index (χ4n) is 4.11. The van der Waals surface area contributed by atoms with Gasteiger partial charge in [0, 0.05) is 53.2 Å². The van der Waals surface area contributed by atoms with Gasteiger partial charge in [-0.1, -0.05) is 23.7 Å². The third kappa shape index (κ3) is 7.26. The fraction of sp³-hybridized carbons (Fsp3) is 0.333. The van der Waals surface area contributed by atoms with E-state index in [0.29, 0.717) is 23.1 Å². The number of halogens is 1. The number of nitrogens with one attached hydrogen (secondary N) is 3. The topological polar surface area (TPSA) is 99.2 Å². The maximum absolute atomic E-state index is 12.7. The van der Waals surface area contributed by atoms with Crippen molar-refractivity contribution in [2.24, 2.45) is 0 Å². The zero-order valence-corrected chi connectivity index (χ0v) is 21.3. The van der Waals surface area contributed by atoms with Crippen LogP contribution in [0.2, 0.25) is 5.02 Å². The normalized spacial score (nSPS) is 14.4. The van der Waals surface area contributed by atoms with Gasteiger partial charge in [-0.25, -0.2) is 9.97 Å². The number of hydrogen-bond donors (Lipinski definition) is 3. The van der Waals surface area contributed by atoms with E-state index >= 15 is 0 Å². The highest BCUT2D eigenvalue weighted by molar-refractivity contribution is 6.30. The molecule has 1 aromatic heterocycles. The molecule has 1 saturated heterocycles. The first-order valence-electron chi connectivity index (χ1n) is 12.1. The van der Waals surface area contributed by atoms with Crippen molar-refractivity contribution in [3.63, 3.8) is 0 Å². The van der Waals surface area contributed by atoms with Crippen LogP contribution in [0.5, 0.6) is 0 Å². The molecule has 0 bridgehead atoms. The summed E-state index contributed by atoms with van der Waals surface area (Å²) < 4.78 is 0. The minimum Gasteiger partial charge on any atom is -0.353 e. The minimum atomic E-state index is -0.0986. The minimum absolute atomic E-state index is 0.0447. The van der Waals surface area contributed by atoms with Crippen LogP contribution >= 0.6 is 11.6 Å². The lowest BCUT2D eigenvalue weighted by Crippen LogP contribution is -2.48. The first-order chi connectivity index (χ1) is 17.4. The number of piperidine rings is 1. The highest BCUT2D eigenvalue weighted by atomic mass is 35.5. The molecule has 2 amide bonds. The zero-order chi connectivity index (χ0) is 25.5. The Balaban J connectivity index is 1.28. The Morgan fingerprint density at radius 1 is 1.03 bits per heavy atom. The monoisotopic (exact) mass is 506 g/mol. The SMILES string of the molecule is CC(C)NC(=O)CN1CCC(NC(=O)c2ccc(Nc3nccc(-c4ccc(Cl)cc4)n3)cc2)CC1. The molecule has 3 aromatic rings. The average Bonchev–Trinajstić information content (AvgIpc) is 2.86. The molecule has 4 rings (SSSR count). The number of carbonyl (C=O) groups is 2. The number of carbonyl (C=O) groups excluding carboxylic acids is 2. The first-order valence-corrected chi connectivity index (χ1v) is 12.5. The molecule has 2 aromatic carbocycles. The summed E-state index contributed by atoms with van der Waals surface area (Å²) in [5, 5.41) is 9.90. The summed E-state index contributed by atoms with van der Waals surface area (Å²) in [6.45, 7) is 5.88. The van der Waals surface area contributed by atoms with E-state index < -0.39 is 0 Å². The van der Waals surface area contributed by atoms with Gasteiger partial charge >= 0.3 is 0 Å². The van der Waals surface area contributed by atoms with Crippen molar-refractivity contribution in [1.82, 2.24) is 25.5 Å². The lowest BCUT2D eigenvalue weighted by Gasteiger charge is -2.32. The van der Waals surface area contributed by atoms with Crippen molar-refractivity contribution in [2.75, 3.05) is 25.0 Å². The summed E-state index contributed by atoms with van der Waals surface area (Å²) in [5.74, 6) is 0.412. The van der Waals surface area contributed by atoms with E-state index in [0.717, 1.165) is 42.9 Å². The van der Waals surface area contributed by atoms with E-state index in [9.17, 15) is 9.59 Å². The van der Waals surface area contributed by atoms with Crippen LogP contribution < -0.4 is 16.0 Å². The second-order valence-corrected chi connectivity index (χ2v) is 9.66. The maximum atomic E-state index is 12.7. The molecular formula is C27H31ClN6O2. The highest BCUT2D eigenvalue weighted by Gasteiger charge is 2.22. The van der Waals surface area contributed by atoms with Crippen molar-refractivity contribution >= 4 is 35.1 Å². The van der Waals surface area contributed by atoms with E-state index in [1.807, 2.05) is 56.3 Å². The zero-order valence-electron chi connectivity index (χ0n) is 20.5. The molecule has 8 nitrogen and oxygen atoms in total. The highest BCUT2D eigenvalue weighted by Crippen LogP contribution is 2.22. The Morgan fingerprint density at radius 2 is 1.72 bits per heavy atom. The predicted molar refractivity (Wildman–Crippen MR) is 142 cm³/mol. The Kier molecular flexibility index (Phi) is 8.51. The van der Waals surface area contributed by atoms with Crippen LogP contribution in [-0.4, -0.2) is 58.4 Å². The van der Waals surface area contributed by atoms with Crippen molar-refractivity contribution in [1.29, 1.82) is 0 Å². The van der Waals surface area contributed by atoms with E-state index in [-0.39, 0.29) is 23.9 Å². The van der Waals surface area contributed by atoms with Gasteiger partial charge in [-0.05, 0) is 69.2 Å².